The zero-order valence-electron chi connectivity index (χ0n) is 20.5. The molecule has 2 aliphatic heterocycles. The molecule has 0 atom stereocenters. The average molecular weight is 488 g/mol. The van der Waals surface area contributed by atoms with Gasteiger partial charge in [-0.25, -0.2) is 9.97 Å². The van der Waals surface area contributed by atoms with Gasteiger partial charge in [-0.1, -0.05) is 30.3 Å². The molecule has 3 heterocycles. The maximum atomic E-state index is 13.3. The van der Waals surface area contributed by atoms with Crippen LogP contribution in [0.15, 0.2) is 54.6 Å². The van der Waals surface area contributed by atoms with E-state index in [4.69, 9.17) is 20.4 Å². The number of nitrogens with zero attached hydrogens (tertiary/aromatic N) is 4. The van der Waals surface area contributed by atoms with Crippen molar-refractivity contribution in [2.75, 3.05) is 50.8 Å². The van der Waals surface area contributed by atoms with Crippen LogP contribution in [0, 0.1) is 5.92 Å². The molecule has 0 spiro atoms. The second kappa shape index (κ2) is 11.2. The normalized spacial score (nSPS) is 16.8. The van der Waals surface area contributed by atoms with Gasteiger partial charge >= 0.3 is 0 Å². The first-order valence-corrected chi connectivity index (χ1v) is 12.7. The molecule has 2 saturated heterocycles. The van der Waals surface area contributed by atoms with Crippen LogP contribution in [0.4, 0.5) is 5.82 Å². The number of likely N-dealkylation sites (tertiary alicyclic amines) is 1. The molecule has 2 aromatic carbocycles. The lowest BCUT2D eigenvalue weighted by molar-refractivity contribution is 0.0693. The van der Waals surface area contributed by atoms with Gasteiger partial charge in [0.25, 0.3) is 5.91 Å². The summed E-state index contributed by atoms with van der Waals surface area (Å²) in [6, 6.07) is 17.3. The molecule has 36 heavy (non-hydrogen) atoms. The highest BCUT2D eigenvalue weighted by Crippen LogP contribution is 2.28. The van der Waals surface area contributed by atoms with Crippen molar-refractivity contribution < 1.29 is 14.6 Å². The third kappa shape index (κ3) is 5.41. The van der Waals surface area contributed by atoms with Crippen molar-refractivity contribution >= 4 is 11.7 Å². The van der Waals surface area contributed by atoms with E-state index in [9.17, 15) is 9.90 Å². The lowest BCUT2D eigenvalue weighted by Crippen LogP contribution is -2.40. The van der Waals surface area contributed by atoms with Crippen LogP contribution in [0.25, 0.3) is 22.6 Å². The van der Waals surface area contributed by atoms with Gasteiger partial charge in [-0.3, -0.25) is 4.79 Å². The standard InChI is InChI=1S/C28H33N5O3/c29-18-20-7-9-33(10-8-20)28(35)24-6-2-4-22(16-24)25-17-26(32-11-13-36-14-12-32)31-27(30-25)23-5-1-3-21(15-23)19-34/h1-6,15-17,20,34H,7-14,18-19,29H2. The largest absolute Gasteiger partial charge is 0.392 e. The summed E-state index contributed by atoms with van der Waals surface area (Å²) in [4.78, 5) is 27.1. The maximum Gasteiger partial charge on any atom is 0.253 e. The molecule has 0 saturated carbocycles. The van der Waals surface area contributed by atoms with Gasteiger partial charge in [0.15, 0.2) is 5.82 Å². The summed E-state index contributed by atoms with van der Waals surface area (Å²) in [5, 5.41) is 9.61. The molecule has 0 unspecified atom stereocenters. The number of benzene rings is 2. The SMILES string of the molecule is NCC1CCN(C(=O)c2cccc(-c3cc(N4CCOCC4)nc(-c4cccc(CO)c4)n3)c2)CC1. The number of rotatable bonds is 6. The Kier molecular flexibility index (Phi) is 7.55. The van der Waals surface area contributed by atoms with Gasteiger partial charge in [-0.2, -0.15) is 0 Å². The fourth-order valence-electron chi connectivity index (χ4n) is 4.84. The Hall–Kier alpha value is -3.33. The Morgan fingerprint density at radius 1 is 0.972 bits per heavy atom. The smallest absolute Gasteiger partial charge is 0.253 e. The molecule has 0 aliphatic carbocycles. The van der Waals surface area contributed by atoms with E-state index in [1.54, 1.807) is 0 Å². The number of aromatic nitrogens is 2. The van der Waals surface area contributed by atoms with E-state index >= 15 is 0 Å². The Morgan fingerprint density at radius 3 is 2.47 bits per heavy atom. The van der Waals surface area contributed by atoms with Crippen molar-refractivity contribution in [2.45, 2.75) is 19.4 Å². The predicted octanol–water partition coefficient (Wildman–Crippen LogP) is 2.95. The number of carbonyl (C=O) groups excluding carboxylic acids is 1. The average Bonchev–Trinajstić information content (AvgIpc) is 2.97. The third-order valence-corrected chi connectivity index (χ3v) is 7.06. The Labute approximate surface area is 211 Å². The number of ether oxygens (including phenoxy) is 1. The molecule has 1 aromatic heterocycles. The minimum Gasteiger partial charge on any atom is -0.392 e. The van der Waals surface area contributed by atoms with Gasteiger partial charge in [0.05, 0.1) is 25.5 Å². The Morgan fingerprint density at radius 2 is 1.72 bits per heavy atom. The van der Waals surface area contributed by atoms with Gasteiger partial charge in [0.1, 0.15) is 5.82 Å². The molecule has 2 aliphatic rings. The second-order valence-electron chi connectivity index (χ2n) is 9.44. The van der Waals surface area contributed by atoms with Crippen LogP contribution in [-0.2, 0) is 11.3 Å². The topological polar surface area (TPSA) is 105 Å². The van der Waals surface area contributed by atoms with E-state index in [2.05, 4.69) is 4.90 Å². The monoisotopic (exact) mass is 487 g/mol. The third-order valence-electron chi connectivity index (χ3n) is 7.06. The summed E-state index contributed by atoms with van der Waals surface area (Å²) in [7, 11) is 0. The van der Waals surface area contributed by atoms with Crippen molar-refractivity contribution in [3.8, 4) is 22.6 Å². The number of piperidine rings is 1. The zero-order chi connectivity index (χ0) is 24.9. The van der Waals surface area contributed by atoms with Crippen molar-refractivity contribution in [1.29, 1.82) is 0 Å². The molecule has 3 aromatic rings. The Bertz CT molecular complexity index is 1200. The van der Waals surface area contributed by atoms with Crippen molar-refractivity contribution in [3.63, 3.8) is 0 Å². The first kappa shape index (κ1) is 24.4. The zero-order valence-corrected chi connectivity index (χ0v) is 20.5. The first-order chi connectivity index (χ1) is 17.6. The predicted molar refractivity (Wildman–Crippen MR) is 140 cm³/mol. The van der Waals surface area contributed by atoms with Gasteiger partial charge in [0, 0.05) is 48.9 Å². The molecule has 0 radical (unpaired) electrons. The fourth-order valence-corrected chi connectivity index (χ4v) is 4.84. The number of nitrogens with two attached hydrogens (primary N) is 1. The highest BCUT2D eigenvalue weighted by molar-refractivity contribution is 5.95. The minimum absolute atomic E-state index is 0.0451. The van der Waals surface area contributed by atoms with Crippen LogP contribution >= 0.6 is 0 Å². The van der Waals surface area contributed by atoms with E-state index in [0.29, 0.717) is 37.1 Å². The second-order valence-corrected chi connectivity index (χ2v) is 9.44. The lowest BCUT2D eigenvalue weighted by Gasteiger charge is -2.31. The molecule has 5 rings (SSSR count). The summed E-state index contributed by atoms with van der Waals surface area (Å²) < 4.78 is 5.53. The quantitative estimate of drug-likeness (QED) is 0.551. The highest BCUT2D eigenvalue weighted by atomic mass is 16.5. The first-order valence-electron chi connectivity index (χ1n) is 12.7. The summed E-state index contributed by atoms with van der Waals surface area (Å²) in [5.74, 6) is 1.96. The molecule has 3 N–H and O–H groups in total. The summed E-state index contributed by atoms with van der Waals surface area (Å²) in [6.07, 6.45) is 1.90. The summed E-state index contributed by atoms with van der Waals surface area (Å²) >= 11 is 0. The molecule has 8 nitrogen and oxygen atoms in total. The van der Waals surface area contributed by atoms with E-state index < -0.39 is 0 Å². The van der Waals surface area contributed by atoms with E-state index in [0.717, 1.165) is 67.2 Å². The van der Waals surface area contributed by atoms with Crippen LogP contribution < -0.4 is 10.6 Å². The minimum atomic E-state index is -0.0451. The molecular formula is C28H33N5O3. The van der Waals surface area contributed by atoms with Crippen LogP contribution in [0.3, 0.4) is 0 Å². The molecule has 188 valence electrons. The van der Waals surface area contributed by atoms with E-state index in [-0.39, 0.29) is 12.5 Å². The summed E-state index contributed by atoms with van der Waals surface area (Å²) in [5.41, 5.74) is 9.75. The number of anilines is 1. The summed E-state index contributed by atoms with van der Waals surface area (Å²) in [6.45, 7) is 4.93. The van der Waals surface area contributed by atoms with E-state index in [1.165, 1.54) is 0 Å². The maximum absolute atomic E-state index is 13.3. The van der Waals surface area contributed by atoms with Crippen molar-refractivity contribution in [1.82, 2.24) is 14.9 Å². The number of hydrogen-bond donors (Lipinski definition) is 2. The Balaban J connectivity index is 1.49. The van der Waals surface area contributed by atoms with Crippen LogP contribution in [0.5, 0.6) is 0 Å². The number of carbonyl (C=O) groups is 1. The number of aliphatic hydroxyl groups is 1. The van der Waals surface area contributed by atoms with Gasteiger partial charge in [-0.05, 0) is 49.1 Å². The lowest BCUT2D eigenvalue weighted by atomic mass is 9.96. The molecule has 1 amide bonds. The highest BCUT2D eigenvalue weighted by Gasteiger charge is 2.23. The van der Waals surface area contributed by atoms with Gasteiger partial charge in [-0.15, -0.1) is 0 Å². The molecular weight excluding hydrogens is 454 g/mol. The fraction of sp³-hybridized carbons (Fsp3) is 0.393. The van der Waals surface area contributed by atoms with E-state index in [1.807, 2.05) is 59.5 Å². The van der Waals surface area contributed by atoms with Crippen LogP contribution in [-0.4, -0.2) is 71.8 Å². The van der Waals surface area contributed by atoms with Crippen molar-refractivity contribution in [2.24, 2.45) is 11.7 Å². The van der Waals surface area contributed by atoms with Gasteiger partial charge in [0.2, 0.25) is 0 Å². The van der Waals surface area contributed by atoms with Crippen molar-refractivity contribution in [3.05, 3.63) is 65.7 Å². The van der Waals surface area contributed by atoms with Gasteiger partial charge < -0.3 is 25.4 Å². The molecule has 0 bridgehead atoms. The number of hydrogen-bond acceptors (Lipinski definition) is 7. The van der Waals surface area contributed by atoms with Crippen LogP contribution in [0.2, 0.25) is 0 Å². The number of morpholine rings is 1. The number of amides is 1. The molecule has 2 fully saturated rings. The van der Waals surface area contributed by atoms with Crippen LogP contribution in [0.1, 0.15) is 28.8 Å². The molecule has 8 heteroatoms. The number of aliphatic hydroxyl groups excluding tert-OH is 1.